The summed E-state index contributed by atoms with van der Waals surface area (Å²) in [6.07, 6.45) is 3.09. The fourth-order valence-corrected chi connectivity index (χ4v) is 2.64. The molecule has 0 atom stereocenters. The molecule has 2 aromatic rings. The summed E-state index contributed by atoms with van der Waals surface area (Å²) < 4.78 is 16.8. The predicted octanol–water partition coefficient (Wildman–Crippen LogP) is 3.76. The molecule has 0 saturated heterocycles. The number of nitrogens with zero attached hydrogens (tertiary/aromatic N) is 1. The predicted molar refractivity (Wildman–Crippen MR) is 110 cm³/mol. The third-order valence-corrected chi connectivity index (χ3v) is 4.06. The summed E-state index contributed by atoms with van der Waals surface area (Å²) in [5.74, 6) is 1.74. The highest BCUT2D eigenvalue weighted by Gasteiger charge is 2.11. The molecule has 150 valence electrons. The number of rotatable bonds is 10. The molecule has 0 heterocycles. The summed E-state index contributed by atoms with van der Waals surface area (Å²) in [5, 5.41) is 4.06. The van der Waals surface area contributed by atoms with Crippen LogP contribution in [0.1, 0.15) is 24.5 Å². The second-order valence-electron chi connectivity index (χ2n) is 5.82. The highest BCUT2D eigenvalue weighted by Crippen LogP contribution is 2.36. The Morgan fingerprint density at radius 1 is 1.21 bits per heavy atom. The number of urea groups is 1. The standard InChI is InChI=1S/C20H24ClN3O4/c1-3-14-5-7-16(8-6-14)27-9-4-10-28-19-17(21)11-15(12-18(19)26-2)13-23-24-20(22)25/h5-8,11-13H,3-4,9-10H2,1-2H3,(H3,22,24,25). The molecule has 3 N–H and O–H groups in total. The van der Waals surface area contributed by atoms with Crippen LogP contribution in [0.4, 0.5) is 4.79 Å². The highest BCUT2D eigenvalue weighted by molar-refractivity contribution is 6.32. The van der Waals surface area contributed by atoms with Crippen LogP contribution in [0.3, 0.4) is 0 Å². The molecule has 0 saturated carbocycles. The molecule has 0 bridgehead atoms. The summed E-state index contributed by atoms with van der Waals surface area (Å²) in [4.78, 5) is 10.6. The number of nitrogens with two attached hydrogens (primary N) is 1. The third-order valence-electron chi connectivity index (χ3n) is 3.78. The number of nitrogens with one attached hydrogen (secondary N) is 1. The normalized spacial score (nSPS) is 10.7. The van der Waals surface area contributed by atoms with Gasteiger partial charge in [0.2, 0.25) is 0 Å². The average Bonchev–Trinajstić information content (AvgIpc) is 2.69. The Labute approximate surface area is 169 Å². The van der Waals surface area contributed by atoms with Crippen molar-refractivity contribution in [3.63, 3.8) is 0 Å². The van der Waals surface area contributed by atoms with Crippen molar-refractivity contribution < 1.29 is 19.0 Å². The molecule has 0 radical (unpaired) electrons. The molecular formula is C20H24ClN3O4. The van der Waals surface area contributed by atoms with Gasteiger partial charge in [-0.15, -0.1) is 0 Å². The van der Waals surface area contributed by atoms with E-state index in [1.165, 1.54) is 18.9 Å². The second-order valence-corrected chi connectivity index (χ2v) is 6.22. The Morgan fingerprint density at radius 2 is 1.93 bits per heavy atom. The van der Waals surface area contributed by atoms with Gasteiger partial charge in [-0.05, 0) is 41.8 Å². The summed E-state index contributed by atoms with van der Waals surface area (Å²) in [7, 11) is 1.52. The van der Waals surface area contributed by atoms with Crippen molar-refractivity contribution in [2.24, 2.45) is 10.8 Å². The van der Waals surface area contributed by atoms with Crippen molar-refractivity contribution in [3.8, 4) is 17.2 Å². The molecule has 8 heteroatoms. The van der Waals surface area contributed by atoms with Crippen LogP contribution < -0.4 is 25.4 Å². The van der Waals surface area contributed by atoms with Crippen molar-refractivity contribution in [1.29, 1.82) is 0 Å². The molecule has 0 aliphatic rings. The Kier molecular flexibility index (Phi) is 8.42. The number of aryl methyl sites for hydroxylation is 1. The van der Waals surface area contributed by atoms with Crippen molar-refractivity contribution in [1.82, 2.24) is 5.43 Å². The summed E-state index contributed by atoms with van der Waals surface area (Å²) in [6.45, 7) is 3.05. The van der Waals surface area contributed by atoms with Crippen molar-refractivity contribution in [2.45, 2.75) is 19.8 Å². The van der Waals surface area contributed by atoms with Gasteiger partial charge in [0, 0.05) is 6.42 Å². The molecule has 2 rings (SSSR count). The number of carbonyl (C=O) groups excluding carboxylic acids is 1. The van der Waals surface area contributed by atoms with E-state index in [9.17, 15) is 4.79 Å². The topological polar surface area (TPSA) is 95.2 Å². The molecular weight excluding hydrogens is 382 g/mol. The van der Waals surface area contributed by atoms with Gasteiger partial charge >= 0.3 is 6.03 Å². The first kappa shape index (κ1) is 21.4. The van der Waals surface area contributed by atoms with Crippen LogP contribution in [0.2, 0.25) is 5.02 Å². The molecule has 0 fully saturated rings. The summed E-state index contributed by atoms with van der Waals surface area (Å²) >= 11 is 6.28. The second kappa shape index (κ2) is 11.0. The molecule has 0 aliphatic heterocycles. The van der Waals surface area contributed by atoms with E-state index < -0.39 is 6.03 Å². The van der Waals surface area contributed by atoms with Gasteiger partial charge in [0.1, 0.15) is 5.75 Å². The first-order chi connectivity index (χ1) is 13.5. The number of amides is 2. The van der Waals surface area contributed by atoms with Crippen molar-refractivity contribution in [3.05, 3.63) is 52.5 Å². The first-order valence-corrected chi connectivity index (χ1v) is 9.21. The third kappa shape index (κ3) is 6.66. The molecule has 0 aromatic heterocycles. The van der Waals surface area contributed by atoms with E-state index in [4.69, 9.17) is 31.5 Å². The zero-order valence-electron chi connectivity index (χ0n) is 15.9. The van der Waals surface area contributed by atoms with Gasteiger partial charge in [0.25, 0.3) is 0 Å². The Hall–Kier alpha value is -2.93. The van der Waals surface area contributed by atoms with Crippen LogP contribution in [0.25, 0.3) is 0 Å². The fourth-order valence-electron chi connectivity index (χ4n) is 2.37. The average molecular weight is 406 g/mol. The maximum absolute atomic E-state index is 10.6. The fraction of sp³-hybridized carbons (Fsp3) is 0.300. The van der Waals surface area contributed by atoms with Gasteiger partial charge in [0.05, 0.1) is 31.6 Å². The maximum atomic E-state index is 10.6. The summed E-state index contributed by atoms with van der Waals surface area (Å²) in [6, 6.07) is 10.6. The van der Waals surface area contributed by atoms with Crippen LogP contribution in [-0.2, 0) is 6.42 Å². The lowest BCUT2D eigenvalue weighted by atomic mass is 10.2. The molecule has 0 spiro atoms. The monoisotopic (exact) mass is 405 g/mol. The summed E-state index contributed by atoms with van der Waals surface area (Å²) in [5.41, 5.74) is 8.97. The van der Waals surface area contributed by atoms with Gasteiger partial charge in [-0.2, -0.15) is 5.10 Å². The number of halogens is 1. The molecule has 2 amide bonds. The zero-order valence-corrected chi connectivity index (χ0v) is 16.7. The van der Waals surface area contributed by atoms with Gasteiger partial charge in [-0.1, -0.05) is 30.7 Å². The van der Waals surface area contributed by atoms with E-state index in [2.05, 4.69) is 29.6 Å². The Bertz CT molecular complexity index is 810. The van der Waals surface area contributed by atoms with Crippen LogP contribution >= 0.6 is 11.6 Å². The minimum Gasteiger partial charge on any atom is -0.493 e. The minimum absolute atomic E-state index is 0.371. The van der Waals surface area contributed by atoms with Gasteiger partial charge in [-0.3, -0.25) is 0 Å². The number of ether oxygens (including phenoxy) is 3. The minimum atomic E-state index is -0.752. The van der Waals surface area contributed by atoms with E-state index in [1.54, 1.807) is 12.1 Å². The number of carbonyl (C=O) groups is 1. The zero-order chi connectivity index (χ0) is 20.4. The van der Waals surface area contributed by atoms with Crippen LogP contribution in [0, 0.1) is 0 Å². The number of primary amides is 1. The quantitative estimate of drug-likeness (QED) is 0.357. The lowest BCUT2D eigenvalue weighted by molar-refractivity contribution is 0.240. The van der Waals surface area contributed by atoms with Crippen molar-refractivity contribution in [2.75, 3.05) is 20.3 Å². The highest BCUT2D eigenvalue weighted by atomic mass is 35.5. The van der Waals surface area contributed by atoms with E-state index in [0.717, 1.165) is 12.2 Å². The van der Waals surface area contributed by atoms with Crippen LogP contribution in [0.5, 0.6) is 17.2 Å². The van der Waals surface area contributed by atoms with E-state index in [0.29, 0.717) is 41.7 Å². The SMILES string of the molecule is CCc1ccc(OCCCOc2c(Cl)cc(C=NNC(N)=O)cc2OC)cc1. The largest absolute Gasteiger partial charge is 0.493 e. The van der Waals surface area contributed by atoms with Crippen molar-refractivity contribution >= 4 is 23.8 Å². The van der Waals surface area contributed by atoms with Gasteiger partial charge < -0.3 is 19.9 Å². The van der Waals surface area contributed by atoms with E-state index in [1.807, 2.05) is 12.1 Å². The van der Waals surface area contributed by atoms with Gasteiger partial charge in [-0.25, -0.2) is 10.2 Å². The van der Waals surface area contributed by atoms with Crippen LogP contribution in [-0.4, -0.2) is 32.6 Å². The van der Waals surface area contributed by atoms with E-state index >= 15 is 0 Å². The smallest absolute Gasteiger partial charge is 0.332 e. The molecule has 7 nitrogen and oxygen atoms in total. The number of methoxy groups -OCH3 is 1. The van der Waals surface area contributed by atoms with Crippen LogP contribution in [0.15, 0.2) is 41.5 Å². The molecule has 28 heavy (non-hydrogen) atoms. The lowest BCUT2D eigenvalue weighted by Crippen LogP contribution is -2.24. The number of hydrogen-bond acceptors (Lipinski definition) is 5. The molecule has 0 aliphatic carbocycles. The molecule has 2 aromatic carbocycles. The van der Waals surface area contributed by atoms with E-state index in [-0.39, 0.29) is 0 Å². The Morgan fingerprint density at radius 3 is 2.57 bits per heavy atom. The Balaban J connectivity index is 1.86. The maximum Gasteiger partial charge on any atom is 0.332 e. The lowest BCUT2D eigenvalue weighted by Gasteiger charge is -2.13. The number of benzene rings is 2. The van der Waals surface area contributed by atoms with Gasteiger partial charge in [0.15, 0.2) is 11.5 Å². The number of hydrogen-bond donors (Lipinski definition) is 2. The number of hydrazone groups is 1. The first-order valence-electron chi connectivity index (χ1n) is 8.84. The molecule has 0 unspecified atom stereocenters.